The summed E-state index contributed by atoms with van der Waals surface area (Å²) in [4.78, 5) is 0.236. The molecule has 94 valence electrons. The Morgan fingerprint density at radius 1 is 1.44 bits per heavy atom. The van der Waals surface area contributed by atoms with E-state index in [0.717, 1.165) is 0 Å². The second-order valence-corrected chi connectivity index (χ2v) is 5.01. The van der Waals surface area contributed by atoms with E-state index in [4.69, 9.17) is 5.73 Å². The summed E-state index contributed by atoms with van der Waals surface area (Å²) in [5, 5.41) is 6.48. The molecule has 1 heterocycles. The van der Waals surface area contributed by atoms with Crippen molar-refractivity contribution in [2.75, 3.05) is 13.1 Å². The molecule has 0 aliphatic heterocycles. The molecule has 0 amide bonds. The van der Waals surface area contributed by atoms with Crippen LogP contribution in [0, 0.1) is 13.8 Å². The van der Waals surface area contributed by atoms with Gasteiger partial charge in [0, 0.05) is 6.54 Å². The molecule has 0 bridgehead atoms. The molecular formula is C8H17ClN4O2S. The summed E-state index contributed by atoms with van der Waals surface area (Å²) >= 11 is 0. The van der Waals surface area contributed by atoms with Gasteiger partial charge in [-0.15, -0.1) is 12.4 Å². The number of nitrogens with two attached hydrogens (primary N) is 1. The molecule has 0 spiro atoms. The molecule has 0 saturated carbocycles. The zero-order valence-corrected chi connectivity index (χ0v) is 10.9. The summed E-state index contributed by atoms with van der Waals surface area (Å²) in [5.41, 5.74) is 6.31. The van der Waals surface area contributed by atoms with Gasteiger partial charge < -0.3 is 5.73 Å². The van der Waals surface area contributed by atoms with Crippen LogP contribution in [-0.2, 0) is 10.0 Å². The Labute approximate surface area is 101 Å². The molecule has 0 aliphatic rings. The highest BCUT2D eigenvalue weighted by molar-refractivity contribution is 7.89. The molecule has 0 radical (unpaired) electrons. The average molecular weight is 269 g/mol. The normalized spacial score (nSPS) is 11.2. The number of nitrogens with one attached hydrogen (secondary N) is 2. The van der Waals surface area contributed by atoms with Gasteiger partial charge in [-0.2, -0.15) is 5.10 Å². The summed E-state index contributed by atoms with van der Waals surface area (Å²) < 4.78 is 26.1. The van der Waals surface area contributed by atoms with Gasteiger partial charge in [-0.3, -0.25) is 5.10 Å². The summed E-state index contributed by atoms with van der Waals surface area (Å²) in [6.07, 6.45) is 0.620. The first-order valence-corrected chi connectivity index (χ1v) is 6.18. The van der Waals surface area contributed by atoms with Crippen molar-refractivity contribution >= 4 is 22.4 Å². The van der Waals surface area contributed by atoms with Crippen molar-refractivity contribution < 1.29 is 8.42 Å². The van der Waals surface area contributed by atoms with Crippen molar-refractivity contribution in [2.45, 2.75) is 25.2 Å². The quantitative estimate of drug-likeness (QED) is 0.658. The minimum Gasteiger partial charge on any atom is -0.330 e. The van der Waals surface area contributed by atoms with E-state index in [1.54, 1.807) is 13.8 Å². The molecule has 6 nitrogen and oxygen atoms in total. The number of H-pyrrole nitrogens is 1. The number of nitrogens with zero attached hydrogens (tertiary/aromatic N) is 1. The first-order chi connectivity index (χ1) is 6.99. The Bertz CT molecular complexity index is 410. The van der Waals surface area contributed by atoms with E-state index in [-0.39, 0.29) is 17.3 Å². The number of hydrogen-bond donors (Lipinski definition) is 3. The van der Waals surface area contributed by atoms with Gasteiger partial charge in [0.1, 0.15) is 4.90 Å². The third-order valence-electron chi connectivity index (χ3n) is 2.00. The zero-order valence-electron chi connectivity index (χ0n) is 9.28. The van der Waals surface area contributed by atoms with E-state index in [9.17, 15) is 8.42 Å². The lowest BCUT2D eigenvalue weighted by molar-refractivity contribution is 0.578. The van der Waals surface area contributed by atoms with Crippen molar-refractivity contribution in [1.29, 1.82) is 0 Å². The van der Waals surface area contributed by atoms with E-state index < -0.39 is 10.0 Å². The molecule has 1 aromatic heterocycles. The van der Waals surface area contributed by atoms with E-state index >= 15 is 0 Å². The number of rotatable bonds is 5. The first-order valence-electron chi connectivity index (χ1n) is 4.70. The standard InChI is InChI=1S/C8H16N4O2S.ClH/c1-6-8(7(2)12-11-6)15(13,14)10-5-3-4-9;/h10H,3-5,9H2,1-2H3,(H,11,12);1H. The van der Waals surface area contributed by atoms with Gasteiger partial charge in [0.2, 0.25) is 10.0 Å². The Morgan fingerprint density at radius 2 is 2.06 bits per heavy atom. The predicted octanol–water partition coefficient (Wildman–Crippen LogP) is 0.0754. The molecule has 0 atom stereocenters. The Balaban J connectivity index is 0.00000225. The molecule has 0 saturated heterocycles. The van der Waals surface area contributed by atoms with E-state index in [1.165, 1.54) is 0 Å². The van der Waals surface area contributed by atoms with Crippen LogP contribution in [0.3, 0.4) is 0 Å². The Kier molecular flexibility index (Phi) is 5.95. The van der Waals surface area contributed by atoms with Crippen LogP contribution in [0.5, 0.6) is 0 Å². The first kappa shape index (κ1) is 15.4. The maximum atomic E-state index is 11.8. The van der Waals surface area contributed by atoms with Crippen molar-refractivity contribution in [1.82, 2.24) is 14.9 Å². The summed E-state index contributed by atoms with van der Waals surface area (Å²) in [7, 11) is -3.45. The SMILES string of the molecule is Cc1n[nH]c(C)c1S(=O)(=O)NCCCN.Cl. The zero-order chi connectivity index (χ0) is 11.5. The average Bonchev–Trinajstić information content (AvgIpc) is 2.46. The molecular weight excluding hydrogens is 252 g/mol. The smallest absolute Gasteiger partial charge is 0.244 e. The van der Waals surface area contributed by atoms with Crippen LogP contribution in [-0.4, -0.2) is 31.7 Å². The number of aromatic amines is 1. The van der Waals surface area contributed by atoms with Gasteiger partial charge in [0.25, 0.3) is 0 Å². The van der Waals surface area contributed by atoms with Crippen LogP contribution < -0.4 is 10.5 Å². The van der Waals surface area contributed by atoms with Gasteiger partial charge in [0.15, 0.2) is 0 Å². The van der Waals surface area contributed by atoms with E-state index in [2.05, 4.69) is 14.9 Å². The highest BCUT2D eigenvalue weighted by Gasteiger charge is 2.21. The van der Waals surface area contributed by atoms with Crippen LogP contribution in [0.15, 0.2) is 4.90 Å². The summed E-state index contributed by atoms with van der Waals surface area (Å²) in [5.74, 6) is 0. The van der Waals surface area contributed by atoms with E-state index in [0.29, 0.717) is 30.9 Å². The van der Waals surface area contributed by atoms with Crippen LogP contribution in [0.1, 0.15) is 17.8 Å². The van der Waals surface area contributed by atoms with Crippen LogP contribution in [0.2, 0.25) is 0 Å². The second kappa shape index (κ2) is 6.19. The third-order valence-corrected chi connectivity index (χ3v) is 3.73. The molecule has 1 aromatic rings. The van der Waals surface area contributed by atoms with Gasteiger partial charge in [-0.25, -0.2) is 13.1 Å². The minimum absolute atomic E-state index is 0. The molecule has 0 unspecified atom stereocenters. The van der Waals surface area contributed by atoms with E-state index in [1.807, 2.05) is 0 Å². The number of sulfonamides is 1. The monoisotopic (exact) mass is 268 g/mol. The fraction of sp³-hybridized carbons (Fsp3) is 0.625. The lowest BCUT2D eigenvalue weighted by Gasteiger charge is -2.05. The summed E-state index contributed by atoms with van der Waals surface area (Å²) in [6.45, 7) is 4.15. The van der Waals surface area contributed by atoms with Crippen LogP contribution >= 0.6 is 12.4 Å². The Hall–Kier alpha value is -0.630. The maximum absolute atomic E-state index is 11.8. The van der Waals surface area contributed by atoms with Gasteiger partial charge in [0.05, 0.1) is 11.4 Å². The van der Waals surface area contributed by atoms with Crippen LogP contribution in [0.25, 0.3) is 0 Å². The fourth-order valence-electron chi connectivity index (χ4n) is 1.32. The van der Waals surface area contributed by atoms with Crippen molar-refractivity contribution in [3.8, 4) is 0 Å². The predicted molar refractivity (Wildman–Crippen MR) is 64.2 cm³/mol. The molecule has 0 aliphatic carbocycles. The third kappa shape index (κ3) is 3.44. The highest BCUT2D eigenvalue weighted by Crippen LogP contribution is 2.15. The minimum atomic E-state index is -3.45. The highest BCUT2D eigenvalue weighted by atomic mass is 35.5. The number of aromatic nitrogens is 2. The summed E-state index contributed by atoms with van der Waals surface area (Å²) in [6, 6.07) is 0. The lowest BCUT2D eigenvalue weighted by atomic mass is 10.4. The van der Waals surface area contributed by atoms with Gasteiger partial charge >= 0.3 is 0 Å². The topological polar surface area (TPSA) is 101 Å². The van der Waals surface area contributed by atoms with Gasteiger partial charge in [-0.05, 0) is 26.8 Å². The van der Waals surface area contributed by atoms with Gasteiger partial charge in [-0.1, -0.05) is 0 Å². The number of hydrogen-bond acceptors (Lipinski definition) is 4. The molecule has 1 rings (SSSR count). The molecule has 8 heteroatoms. The molecule has 4 N–H and O–H groups in total. The molecule has 0 aromatic carbocycles. The number of halogens is 1. The lowest BCUT2D eigenvalue weighted by Crippen LogP contribution is -2.27. The fourth-order valence-corrected chi connectivity index (χ4v) is 2.76. The number of aryl methyl sites for hydroxylation is 2. The molecule has 16 heavy (non-hydrogen) atoms. The Morgan fingerprint density at radius 3 is 2.50 bits per heavy atom. The maximum Gasteiger partial charge on any atom is 0.244 e. The van der Waals surface area contributed by atoms with Crippen molar-refractivity contribution in [3.63, 3.8) is 0 Å². The second-order valence-electron chi connectivity index (χ2n) is 3.30. The van der Waals surface area contributed by atoms with Crippen LogP contribution in [0.4, 0.5) is 0 Å². The largest absolute Gasteiger partial charge is 0.330 e. The molecule has 0 fully saturated rings. The van der Waals surface area contributed by atoms with Crippen molar-refractivity contribution in [3.05, 3.63) is 11.4 Å². The van der Waals surface area contributed by atoms with Crippen molar-refractivity contribution in [2.24, 2.45) is 5.73 Å².